The van der Waals surface area contributed by atoms with Crippen LogP contribution in [0.15, 0.2) is 0 Å². The zero-order valence-electron chi connectivity index (χ0n) is 14.3. The van der Waals surface area contributed by atoms with Crippen molar-refractivity contribution in [2.75, 3.05) is 39.8 Å². The van der Waals surface area contributed by atoms with Crippen LogP contribution in [0.4, 0.5) is 0 Å². The lowest BCUT2D eigenvalue weighted by Gasteiger charge is -2.31. The molecular formula is C16H31ClN4O2. The second-order valence-electron chi connectivity index (χ2n) is 6.57. The molecule has 23 heavy (non-hydrogen) atoms. The number of hydrogen-bond donors (Lipinski definition) is 2. The lowest BCUT2D eigenvalue weighted by molar-refractivity contribution is -0.134. The van der Waals surface area contributed by atoms with Crippen molar-refractivity contribution in [3.8, 4) is 0 Å². The Bertz CT molecular complexity index is 382. The van der Waals surface area contributed by atoms with E-state index in [1.54, 1.807) is 0 Å². The highest BCUT2D eigenvalue weighted by Crippen LogP contribution is 2.17. The molecule has 7 heteroatoms. The second kappa shape index (κ2) is 10.1. The summed E-state index contributed by atoms with van der Waals surface area (Å²) < 4.78 is 0. The highest BCUT2D eigenvalue weighted by molar-refractivity contribution is 5.85. The van der Waals surface area contributed by atoms with Crippen molar-refractivity contribution in [3.63, 3.8) is 0 Å². The van der Waals surface area contributed by atoms with Crippen LogP contribution in [-0.4, -0.2) is 73.5 Å². The third-order valence-corrected chi connectivity index (χ3v) is 4.85. The molecule has 1 aliphatic carbocycles. The van der Waals surface area contributed by atoms with Crippen molar-refractivity contribution >= 4 is 24.2 Å². The Hall–Kier alpha value is -0.850. The van der Waals surface area contributed by atoms with Gasteiger partial charge < -0.3 is 15.5 Å². The van der Waals surface area contributed by atoms with E-state index >= 15 is 0 Å². The molecule has 0 aromatic heterocycles. The van der Waals surface area contributed by atoms with Crippen LogP contribution in [0, 0.1) is 0 Å². The summed E-state index contributed by atoms with van der Waals surface area (Å²) in [6, 6.07) is 0.0507. The Morgan fingerprint density at radius 1 is 1.22 bits per heavy atom. The van der Waals surface area contributed by atoms with E-state index < -0.39 is 0 Å². The van der Waals surface area contributed by atoms with E-state index in [0.717, 1.165) is 39.0 Å². The van der Waals surface area contributed by atoms with Crippen molar-refractivity contribution in [2.24, 2.45) is 0 Å². The minimum absolute atomic E-state index is 0. The highest BCUT2D eigenvalue weighted by Gasteiger charge is 2.25. The number of hydrogen-bond acceptors (Lipinski definition) is 4. The van der Waals surface area contributed by atoms with Gasteiger partial charge in [-0.15, -0.1) is 12.4 Å². The van der Waals surface area contributed by atoms with E-state index in [0.29, 0.717) is 12.6 Å². The van der Waals surface area contributed by atoms with Crippen LogP contribution in [0.25, 0.3) is 0 Å². The maximum Gasteiger partial charge on any atom is 0.237 e. The van der Waals surface area contributed by atoms with E-state index in [1.165, 1.54) is 19.3 Å². The first kappa shape index (κ1) is 20.2. The Kier molecular flexibility index (Phi) is 8.87. The van der Waals surface area contributed by atoms with Crippen molar-refractivity contribution in [2.45, 2.75) is 51.1 Å². The van der Waals surface area contributed by atoms with Gasteiger partial charge >= 0.3 is 0 Å². The SMILES string of the molecule is CC(C(=O)NC1CCCCC1)N(C)CC(=O)N1CCNCC1.Cl. The molecule has 1 saturated heterocycles. The molecule has 2 aliphatic rings. The predicted octanol–water partition coefficient (Wildman–Crippen LogP) is 0.609. The predicted molar refractivity (Wildman–Crippen MR) is 93.8 cm³/mol. The van der Waals surface area contributed by atoms with Crippen LogP contribution < -0.4 is 10.6 Å². The Balaban J connectivity index is 0.00000264. The van der Waals surface area contributed by atoms with Gasteiger partial charge in [-0.1, -0.05) is 19.3 Å². The molecule has 0 spiro atoms. The third-order valence-electron chi connectivity index (χ3n) is 4.85. The van der Waals surface area contributed by atoms with Gasteiger partial charge in [0.1, 0.15) is 0 Å². The maximum atomic E-state index is 12.3. The van der Waals surface area contributed by atoms with Gasteiger partial charge in [0.2, 0.25) is 11.8 Å². The summed E-state index contributed by atoms with van der Waals surface area (Å²) in [5.41, 5.74) is 0. The average Bonchev–Trinajstić information content (AvgIpc) is 2.55. The molecular weight excluding hydrogens is 316 g/mol. The molecule has 1 unspecified atom stereocenters. The van der Waals surface area contributed by atoms with E-state index in [2.05, 4.69) is 10.6 Å². The molecule has 134 valence electrons. The summed E-state index contributed by atoms with van der Waals surface area (Å²) in [6.07, 6.45) is 5.86. The molecule has 0 bridgehead atoms. The molecule has 1 aliphatic heterocycles. The smallest absolute Gasteiger partial charge is 0.237 e. The number of rotatable bonds is 5. The van der Waals surface area contributed by atoms with Gasteiger partial charge in [-0.3, -0.25) is 14.5 Å². The molecule has 1 atom stereocenters. The minimum atomic E-state index is -0.270. The lowest BCUT2D eigenvalue weighted by atomic mass is 9.95. The summed E-state index contributed by atoms with van der Waals surface area (Å²) in [7, 11) is 1.85. The van der Waals surface area contributed by atoms with Crippen molar-refractivity contribution in [1.29, 1.82) is 0 Å². The van der Waals surface area contributed by atoms with Gasteiger partial charge in [0.15, 0.2) is 0 Å². The summed E-state index contributed by atoms with van der Waals surface area (Å²) in [4.78, 5) is 28.3. The largest absolute Gasteiger partial charge is 0.352 e. The van der Waals surface area contributed by atoms with Crippen molar-refractivity contribution in [1.82, 2.24) is 20.4 Å². The van der Waals surface area contributed by atoms with Gasteiger partial charge in [-0.05, 0) is 26.8 Å². The molecule has 2 amide bonds. The second-order valence-corrected chi connectivity index (χ2v) is 6.57. The van der Waals surface area contributed by atoms with Gasteiger partial charge in [-0.2, -0.15) is 0 Å². The highest BCUT2D eigenvalue weighted by atomic mass is 35.5. The summed E-state index contributed by atoms with van der Waals surface area (Å²) in [5, 5.41) is 6.37. The number of carbonyl (C=O) groups excluding carboxylic acids is 2. The number of nitrogens with zero attached hydrogens (tertiary/aromatic N) is 2. The average molecular weight is 347 g/mol. The molecule has 6 nitrogen and oxygen atoms in total. The molecule has 1 heterocycles. The molecule has 0 aromatic rings. The van der Waals surface area contributed by atoms with E-state index in [4.69, 9.17) is 0 Å². The molecule has 2 fully saturated rings. The van der Waals surface area contributed by atoms with E-state index in [1.807, 2.05) is 23.8 Å². The standard InChI is InChI=1S/C16H30N4O2.ClH/c1-13(16(22)18-14-6-4-3-5-7-14)19(2)12-15(21)20-10-8-17-9-11-20;/h13-14,17H,3-12H2,1-2H3,(H,18,22);1H. The lowest BCUT2D eigenvalue weighted by Crippen LogP contribution is -2.52. The van der Waals surface area contributed by atoms with Crippen molar-refractivity contribution in [3.05, 3.63) is 0 Å². The summed E-state index contributed by atoms with van der Waals surface area (Å²) in [5.74, 6) is 0.156. The Morgan fingerprint density at radius 2 is 1.83 bits per heavy atom. The van der Waals surface area contributed by atoms with Crippen LogP contribution in [0.3, 0.4) is 0 Å². The molecule has 0 aromatic carbocycles. The van der Waals surface area contributed by atoms with Crippen LogP contribution in [0.5, 0.6) is 0 Å². The minimum Gasteiger partial charge on any atom is -0.352 e. The third kappa shape index (κ3) is 6.28. The first-order chi connectivity index (χ1) is 10.6. The number of amides is 2. The fourth-order valence-corrected chi connectivity index (χ4v) is 3.13. The van der Waals surface area contributed by atoms with Crippen LogP contribution in [0.1, 0.15) is 39.0 Å². The van der Waals surface area contributed by atoms with Crippen LogP contribution in [-0.2, 0) is 9.59 Å². The van der Waals surface area contributed by atoms with Crippen LogP contribution in [0.2, 0.25) is 0 Å². The quantitative estimate of drug-likeness (QED) is 0.765. The zero-order valence-corrected chi connectivity index (χ0v) is 15.2. The van der Waals surface area contributed by atoms with E-state index in [9.17, 15) is 9.59 Å². The molecule has 2 rings (SSSR count). The number of piperazine rings is 1. The molecule has 1 saturated carbocycles. The van der Waals surface area contributed by atoms with Gasteiger partial charge in [0, 0.05) is 32.2 Å². The van der Waals surface area contributed by atoms with Crippen molar-refractivity contribution < 1.29 is 9.59 Å². The fraction of sp³-hybridized carbons (Fsp3) is 0.875. The molecule has 2 N–H and O–H groups in total. The molecule has 0 radical (unpaired) electrons. The van der Waals surface area contributed by atoms with Gasteiger partial charge in [0.05, 0.1) is 12.6 Å². The fourth-order valence-electron chi connectivity index (χ4n) is 3.13. The Labute approximate surface area is 145 Å². The van der Waals surface area contributed by atoms with Gasteiger partial charge in [0.25, 0.3) is 0 Å². The first-order valence-electron chi connectivity index (χ1n) is 8.57. The summed E-state index contributed by atoms with van der Waals surface area (Å²) in [6.45, 7) is 5.41. The number of nitrogens with one attached hydrogen (secondary N) is 2. The normalized spacial score (nSPS) is 20.7. The number of likely N-dealkylation sites (N-methyl/N-ethyl adjacent to an activating group) is 1. The number of carbonyl (C=O) groups is 2. The van der Waals surface area contributed by atoms with Gasteiger partial charge in [-0.25, -0.2) is 0 Å². The topological polar surface area (TPSA) is 64.7 Å². The maximum absolute atomic E-state index is 12.3. The summed E-state index contributed by atoms with van der Waals surface area (Å²) >= 11 is 0. The number of halogens is 1. The monoisotopic (exact) mass is 346 g/mol. The van der Waals surface area contributed by atoms with Crippen LogP contribution >= 0.6 is 12.4 Å². The zero-order chi connectivity index (χ0) is 15.9. The van der Waals surface area contributed by atoms with E-state index in [-0.39, 0.29) is 30.3 Å². The first-order valence-corrected chi connectivity index (χ1v) is 8.57. The Morgan fingerprint density at radius 3 is 2.43 bits per heavy atom.